The third-order valence-corrected chi connectivity index (χ3v) is 2.90. The number of aromatic nitrogens is 2. The Morgan fingerprint density at radius 2 is 2.14 bits per heavy atom. The molecule has 14 heavy (non-hydrogen) atoms. The molecular weight excluding hydrogens is 242 g/mol. The Morgan fingerprint density at radius 3 is 2.64 bits per heavy atom. The van der Waals surface area contributed by atoms with Gasteiger partial charge in [0.15, 0.2) is 0 Å². The SMILES string of the molecule is CC(C)(N)c1nc(C2CC2)ncc1Br. The maximum Gasteiger partial charge on any atom is 0.131 e. The molecule has 2 N–H and O–H groups in total. The molecule has 1 heterocycles. The van der Waals surface area contributed by atoms with E-state index in [2.05, 4.69) is 25.9 Å². The van der Waals surface area contributed by atoms with Crippen LogP contribution < -0.4 is 5.73 Å². The molecule has 1 aromatic rings. The highest BCUT2D eigenvalue weighted by Crippen LogP contribution is 2.39. The van der Waals surface area contributed by atoms with Crippen molar-refractivity contribution in [3.05, 3.63) is 22.2 Å². The lowest BCUT2D eigenvalue weighted by Gasteiger charge is -2.19. The number of halogens is 1. The molecule has 4 heteroatoms. The monoisotopic (exact) mass is 255 g/mol. The van der Waals surface area contributed by atoms with Crippen LogP contribution in [0.2, 0.25) is 0 Å². The first-order chi connectivity index (χ1) is 6.48. The molecule has 0 unspecified atom stereocenters. The van der Waals surface area contributed by atoms with E-state index in [1.807, 2.05) is 20.0 Å². The fourth-order valence-corrected chi connectivity index (χ4v) is 2.07. The minimum atomic E-state index is -0.411. The van der Waals surface area contributed by atoms with Gasteiger partial charge in [0.2, 0.25) is 0 Å². The van der Waals surface area contributed by atoms with E-state index >= 15 is 0 Å². The lowest BCUT2D eigenvalue weighted by molar-refractivity contribution is 0.526. The van der Waals surface area contributed by atoms with Crippen LogP contribution in [0, 0.1) is 0 Å². The maximum atomic E-state index is 6.03. The Morgan fingerprint density at radius 1 is 1.50 bits per heavy atom. The average Bonchev–Trinajstić information content (AvgIpc) is 2.85. The number of nitrogens with zero attached hydrogens (tertiary/aromatic N) is 2. The highest BCUT2D eigenvalue weighted by Gasteiger charge is 2.29. The van der Waals surface area contributed by atoms with E-state index in [1.165, 1.54) is 12.8 Å². The van der Waals surface area contributed by atoms with Gasteiger partial charge in [-0.1, -0.05) is 0 Å². The average molecular weight is 256 g/mol. The van der Waals surface area contributed by atoms with Crippen LogP contribution >= 0.6 is 15.9 Å². The quantitative estimate of drug-likeness (QED) is 0.883. The van der Waals surface area contributed by atoms with Gasteiger partial charge in [0, 0.05) is 12.1 Å². The first-order valence-electron chi connectivity index (χ1n) is 4.80. The zero-order chi connectivity index (χ0) is 10.3. The second-order valence-corrected chi connectivity index (χ2v) is 5.28. The Balaban J connectivity index is 2.41. The van der Waals surface area contributed by atoms with Gasteiger partial charge in [-0.05, 0) is 42.6 Å². The van der Waals surface area contributed by atoms with Crippen LogP contribution in [-0.4, -0.2) is 9.97 Å². The third-order valence-electron chi connectivity index (χ3n) is 2.32. The van der Waals surface area contributed by atoms with E-state index < -0.39 is 5.54 Å². The van der Waals surface area contributed by atoms with Gasteiger partial charge in [0.1, 0.15) is 5.82 Å². The van der Waals surface area contributed by atoms with E-state index in [4.69, 9.17) is 5.73 Å². The minimum Gasteiger partial charge on any atom is -0.321 e. The van der Waals surface area contributed by atoms with Crippen LogP contribution in [0.5, 0.6) is 0 Å². The van der Waals surface area contributed by atoms with Gasteiger partial charge in [-0.2, -0.15) is 0 Å². The molecule has 0 aliphatic heterocycles. The molecule has 1 aliphatic carbocycles. The highest BCUT2D eigenvalue weighted by molar-refractivity contribution is 9.10. The Labute approximate surface area is 92.3 Å². The molecule has 0 radical (unpaired) electrons. The largest absolute Gasteiger partial charge is 0.321 e. The summed E-state index contributed by atoms with van der Waals surface area (Å²) in [5.74, 6) is 1.52. The molecule has 0 bridgehead atoms. The van der Waals surface area contributed by atoms with Crippen molar-refractivity contribution >= 4 is 15.9 Å². The molecule has 3 nitrogen and oxygen atoms in total. The first-order valence-corrected chi connectivity index (χ1v) is 5.59. The van der Waals surface area contributed by atoms with Crippen molar-refractivity contribution in [2.24, 2.45) is 5.73 Å². The van der Waals surface area contributed by atoms with Crippen molar-refractivity contribution in [1.29, 1.82) is 0 Å². The fourth-order valence-electron chi connectivity index (χ4n) is 1.37. The summed E-state index contributed by atoms with van der Waals surface area (Å²) >= 11 is 3.43. The van der Waals surface area contributed by atoms with Gasteiger partial charge in [0.05, 0.1) is 15.7 Å². The molecule has 0 amide bonds. The predicted molar refractivity (Wildman–Crippen MR) is 58.9 cm³/mol. The zero-order valence-electron chi connectivity index (χ0n) is 8.42. The van der Waals surface area contributed by atoms with Crippen molar-refractivity contribution in [1.82, 2.24) is 9.97 Å². The van der Waals surface area contributed by atoms with E-state index in [0.29, 0.717) is 5.92 Å². The van der Waals surface area contributed by atoms with Crippen molar-refractivity contribution in [2.45, 2.75) is 38.1 Å². The predicted octanol–water partition coefficient (Wildman–Crippen LogP) is 2.31. The standard InChI is InChI=1S/C10H14BrN3/c1-10(2,12)8-7(11)5-13-9(14-8)6-3-4-6/h5-6H,3-4,12H2,1-2H3. The van der Waals surface area contributed by atoms with E-state index in [1.54, 1.807) is 0 Å². The smallest absolute Gasteiger partial charge is 0.131 e. The maximum absolute atomic E-state index is 6.03. The van der Waals surface area contributed by atoms with Crippen LogP contribution in [0.25, 0.3) is 0 Å². The zero-order valence-corrected chi connectivity index (χ0v) is 10.0. The van der Waals surface area contributed by atoms with Gasteiger partial charge in [-0.3, -0.25) is 0 Å². The van der Waals surface area contributed by atoms with Crippen molar-refractivity contribution in [3.63, 3.8) is 0 Å². The van der Waals surface area contributed by atoms with Crippen LogP contribution in [0.4, 0.5) is 0 Å². The summed E-state index contributed by atoms with van der Waals surface area (Å²) in [5, 5.41) is 0. The van der Waals surface area contributed by atoms with Crippen molar-refractivity contribution in [2.75, 3.05) is 0 Å². The number of hydrogen-bond acceptors (Lipinski definition) is 3. The van der Waals surface area contributed by atoms with E-state index in [-0.39, 0.29) is 0 Å². The van der Waals surface area contributed by atoms with Crippen LogP contribution in [-0.2, 0) is 5.54 Å². The van der Waals surface area contributed by atoms with Gasteiger partial charge < -0.3 is 5.73 Å². The topological polar surface area (TPSA) is 51.8 Å². The number of rotatable bonds is 2. The summed E-state index contributed by atoms with van der Waals surface area (Å²) in [6.07, 6.45) is 4.24. The number of nitrogens with two attached hydrogens (primary N) is 1. The van der Waals surface area contributed by atoms with Gasteiger partial charge in [-0.25, -0.2) is 9.97 Å². The van der Waals surface area contributed by atoms with Gasteiger partial charge in [-0.15, -0.1) is 0 Å². The molecule has 76 valence electrons. The van der Waals surface area contributed by atoms with Gasteiger partial charge >= 0.3 is 0 Å². The summed E-state index contributed by atoms with van der Waals surface area (Å²) < 4.78 is 0.898. The molecule has 0 aromatic carbocycles. The van der Waals surface area contributed by atoms with E-state index in [0.717, 1.165) is 16.0 Å². The van der Waals surface area contributed by atoms with E-state index in [9.17, 15) is 0 Å². The second-order valence-electron chi connectivity index (χ2n) is 4.42. The molecule has 0 atom stereocenters. The molecule has 2 rings (SSSR count). The number of hydrogen-bond donors (Lipinski definition) is 1. The molecule has 1 fully saturated rings. The van der Waals surface area contributed by atoms with Crippen LogP contribution in [0.1, 0.15) is 44.1 Å². The summed E-state index contributed by atoms with van der Waals surface area (Å²) in [6.45, 7) is 3.91. The summed E-state index contributed by atoms with van der Waals surface area (Å²) in [7, 11) is 0. The van der Waals surface area contributed by atoms with Gasteiger partial charge in [0.25, 0.3) is 0 Å². The molecule has 0 saturated heterocycles. The third kappa shape index (κ3) is 1.96. The molecular formula is C10H14BrN3. The van der Waals surface area contributed by atoms with Crippen LogP contribution in [0.3, 0.4) is 0 Å². The highest BCUT2D eigenvalue weighted by atomic mass is 79.9. The Bertz CT molecular complexity index is 353. The minimum absolute atomic E-state index is 0.411. The lowest BCUT2D eigenvalue weighted by atomic mass is 10.0. The molecule has 0 spiro atoms. The second kappa shape index (κ2) is 3.28. The Hall–Kier alpha value is -0.480. The first kappa shape index (κ1) is 10.1. The van der Waals surface area contributed by atoms with Crippen molar-refractivity contribution in [3.8, 4) is 0 Å². The summed E-state index contributed by atoms with van der Waals surface area (Å²) in [4.78, 5) is 8.82. The van der Waals surface area contributed by atoms with Crippen molar-refractivity contribution < 1.29 is 0 Å². The lowest BCUT2D eigenvalue weighted by Crippen LogP contribution is -2.31. The fraction of sp³-hybridized carbons (Fsp3) is 0.600. The van der Waals surface area contributed by atoms with Crippen LogP contribution in [0.15, 0.2) is 10.7 Å². The normalized spacial score (nSPS) is 17.1. The Kier molecular flexibility index (Phi) is 2.35. The summed E-state index contributed by atoms with van der Waals surface area (Å²) in [5.41, 5.74) is 6.51. The molecule has 1 aliphatic rings. The molecule has 1 saturated carbocycles. The summed E-state index contributed by atoms with van der Waals surface area (Å²) in [6, 6.07) is 0. The molecule has 1 aromatic heterocycles.